The van der Waals surface area contributed by atoms with Crippen molar-refractivity contribution in [3.8, 4) is 5.75 Å². The molecule has 0 aliphatic carbocycles. The Morgan fingerprint density at radius 3 is 2.71 bits per heavy atom. The first kappa shape index (κ1) is 20.4. The van der Waals surface area contributed by atoms with E-state index in [0.29, 0.717) is 18.9 Å². The summed E-state index contributed by atoms with van der Waals surface area (Å²) in [6.07, 6.45) is 1.11. The van der Waals surface area contributed by atoms with Gasteiger partial charge >= 0.3 is 0 Å². The molecule has 0 fully saturated rings. The normalized spacial score (nSPS) is 11.1. The van der Waals surface area contributed by atoms with E-state index in [0.717, 1.165) is 16.7 Å². The quantitative estimate of drug-likeness (QED) is 0.464. The van der Waals surface area contributed by atoms with E-state index in [1.807, 2.05) is 47.0 Å². The molecular weight excluding hydrogens is 404 g/mol. The van der Waals surface area contributed by atoms with E-state index in [-0.39, 0.29) is 11.4 Å². The second-order valence-electron chi connectivity index (χ2n) is 6.68. The van der Waals surface area contributed by atoms with E-state index >= 15 is 0 Å². The molecule has 7 nitrogen and oxygen atoms in total. The molecule has 9 heteroatoms. The average molecular weight is 423 g/mol. The molecule has 31 heavy (non-hydrogen) atoms. The molecule has 0 unspecified atom stereocenters. The van der Waals surface area contributed by atoms with Gasteiger partial charge in [-0.3, -0.25) is 20.1 Å². The Bertz CT molecular complexity index is 1180. The molecule has 1 aromatic carbocycles. The molecule has 0 saturated heterocycles. The van der Waals surface area contributed by atoms with Crippen LogP contribution in [0.4, 0.5) is 14.7 Å². The van der Waals surface area contributed by atoms with Crippen molar-refractivity contribution in [3.63, 3.8) is 0 Å². The fraction of sp³-hybridized carbons (Fsp3) is 0.182. The minimum absolute atomic E-state index is 0.0371. The summed E-state index contributed by atoms with van der Waals surface area (Å²) in [4.78, 5) is 25.6. The topological polar surface area (TPSA) is 81.9 Å². The van der Waals surface area contributed by atoms with Gasteiger partial charge in [0.15, 0.2) is 0 Å². The number of halogens is 2. The number of nitrogens with zero attached hydrogens (tertiary/aromatic N) is 4. The lowest BCUT2D eigenvalue weighted by atomic mass is 10.2. The highest BCUT2D eigenvalue weighted by Gasteiger charge is 2.16. The molecule has 3 heterocycles. The number of hydrogen-bond acceptors (Lipinski definition) is 5. The molecule has 4 aromatic rings. The number of pyridine rings is 2. The van der Waals surface area contributed by atoms with Gasteiger partial charge in [-0.15, -0.1) is 0 Å². The van der Waals surface area contributed by atoms with Gasteiger partial charge in [-0.1, -0.05) is 18.2 Å². The number of carbonyl (C=O) groups is 1. The lowest BCUT2D eigenvalue weighted by Crippen LogP contribution is -2.18. The molecule has 0 radical (unpaired) electrons. The van der Waals surface area contributed by atoms with E-state index in [9.17, 15) is 13.6 Å². The minimum atomic E-state index is -2.61. The highest BCUT2D eigenvalue weighted by atomic mass is 19.3. The van der Waals surface area contributed by atoms with Crippen molar-refractivity contribution in [3.05, 3.63) is 78.4 Å². The van der Waals surface area contributed by atoms with E-state index < -0.39 is 18.9 Å². The van der Waals surface area contributed by atoms with Gasteiger partial charge < -0.3 is 9.30 Å². The number of imidazole rings is 1. The molecule has 0 bridgehead atoms. The van der Waals surface area contributed by atoms with Crippen molar-refractivity contribution in [2.45, 2.75) is 19.4 Å². The summed E-state index contributed by atoms with van der Waals surface area (Å²) >= 11 is 0. The number of aryl methyl sites for hydroxylation is 2. The number of rotatable bonds is 8. The molecule has 0 spiro atoms. The first-order valence-electron chi connectivity index (χ1n) is 9.63. The van der Waals surface area contributed by atoms with Crippen LogP contribution in [0, 0.1) is 0 Å². The minimum Gasteiger partial charge on any atom is -0.488 e. The smallest absolute Gasteiger partial charge is 0.276 e. The number of carbonyl (C=O) groups excluding carboxylic acids is 1. The molecule has 1 amide bonds. The van der Waals surface area contributed by atoms with E-state index in [4.69, 9.17) is 4.74 Å². The third kappa shape index (κ3) is 5.00. The fourth-order valence-corrected chi connectivity index (χ4v) is 3.12. The standard InChI is InChI=1S/C22H19F2N5O2/c23-20(24)14-31-16-8-11-26-18(13-16)21(30)28-22-27-17-6-1-2-7-19(17)29(22)12-9-15-5-3-4-10-25-15/h1-8,10-11,13,20H,9,12,14H2,(H,27,28,30). The molecule has 158 valence electrons. The Kier molecular flexibility index (Phi) is 6.11. The SMILES string of the molecule is O=C(Nc1nc2ccccc2n1CCc1ccccn1)c1cc(OCC(F)F)ccn1. The first-order chi connectivity index (χ1) is 15.1. The van der Waals surface area contributed by atoms with Gasteiger partial charge in [0.2, 0.25) is 5.95 Å². The van der Waals surface area contributed by atoms with Crippen LogP contribution in [-0.2, 0) is 13.0 Å². The number of benzene rings is 1. The van der Waals surface area contributed by atoms with E-state index in [1.54, 1.807) is 6.20 Å². The zero-order valence-electron chi connectivity index (χ0n) is 16.4. The van der Waals surface area contributed by atoms with Crippen LogP contribution in [0.1, 0.15) is 16.2 Å². The van der Waals surface area contributed by atoms with Gasteiger partial charge in [-0.05, 0) is 30.3 Å². The lowest BCUT2D eigenvalue weighted by molar-refractivity contribution is 0.0818. The lowest BCUT2D eigenvalue weighted by Gasteiger charge is -2.10. The van der Waals surface area contributed by atoms with Crippen molar-refractivity contribution >= 4 is 22.9 Å². The first-order valence-corrected chi connectivity index (χ1v) is 9.63. The van der Waals surface area contributed by atoms with Gasteiger partial charge in [-0.25, -0.2) is 13.8 Å². The number of amides is 1. The zero-order chi connectivity index (χ0) is 21.6. The van der Waals surface area contributed by atoms with Crippen LogP contribution >= 0.6 is 0 Å². The Morgan fingerprint density at radius 1 is 1.06 bits per heavy atom. The molecule has 1 N–H and O–H groups in total. The number of ether oxygens (including phenoxy) is 1. The summed E-state index contributed by atoms with van der Waals surface area (Å²) in [5, 5.41) is 2.77. The number of aromatic nitrogens is 4. The second kappa shape index (κ2) is 9.29. The zero-order valence-corrected chi connectivity index (χ0v) is 16.4. The maximum absolute atomic E-state index is 12.8. The van der Waals surface area contributed by atoms with Crippen LogP contribution in [0.2, 0.25) is 0 Å². The van der Waals surface area contributed by atoms with Crippen molar-refractivity contribution < 1.29 is 18.3 Å². The molecule has 0 aliphatic rings. The Hall–Kier alpha value is -3.88. The fourth-order valence-electron chi connectivity index (χ4n) is 3.12. The number of nitrogens with one attached hydrogen (secondary N) is 1. The molecular formula is C22H19F2N5O2. The van der Waals surface area contributed by atoms with E-state index in [2.05, 4.69) is 20.3 Å². The Labute approximate surface area is 176 Å². The van der Waals surface area contributed by atoms with Crippen LogP contribution < -0.4 is 10.1 Å². The molecule has 3 aromatic heterocycles. The van der Waals surface area contributed by atoms with Crippen LogP contribution in [0.25, 0.3) is 11.0 Å². The number of alkyl halides is 2. The number of fused-ring (bicyclic) bond motifs is 1. The van der Waals surface area contributed by atoms with Crippen LogP contribution in [-0.4, -0.2) is 38.5 Å². The summed E-state index contributed by atoms with van der Waals surface area (Å²) in [7, 11) is 0. The summed E-state index contributed by atoms with van der Waals surface area (Å²) in [6, 6.07) is 16.0. The van der Waals surface area contributed by atoms with Crippen LogP contribution in [0.15, 0.2) is 67.0 Å². The van der Waals surface area contributed by atoms with Crippen molar-refractivity contribution in [1.29, 1.82) is 0 Å². The van der Waals surface area contributed by atoms with Gasteiger partial charge in [0.25, 0.3) is 12.3 Å². The van der Waals surface area contributed by atoms with Crippen molar-refractivity contribution in [1.82, 2.24) is 19.5 Å². The van der Waals surface area contributed by atoms with Gasteiger partial charge in [0.05, 0.1) is 11.0 Å². The number of para-hydroxylation sites is 2. The number of anilines is 1. The predicted molar refractivity (Wildman–Crippen MR) is 111 cm³/mol. The second-order valence-corrected chi connectivity index (χ2v) is 6.68. The highest BCUT2D eigenvalue weighted by Crippen LogP contribution is 2.21. The van der Waals surface area contributed by atoms with Crippen LogP contribution in [0.3, 0.4) is 0 Å². The molecule has 0 saturated carbocycles. The van der Waals surface area contributed by atoms with Gasteiger partial charge in [0, 0.05) is 37.1 Å². The number of hydrogen-bond donors (Lipinski definition) is 1. The largest absolute Gasteiger partial charge is 0.488 e. The summed E-state index contributed by atoms with van der Waals surface area (Å²) < 4.78 is 31.6. The van der Waals surface area contributed by atoms with Crippen molar-refractivity contribution in [2.75, 3.05) is 11.9 Å². The van der Waals surface area contributed by atoms with Crippen LogP contribution in [0.5, 0.6) is 5.75 Å². The summed E-state index contributed by atoms with van der Waals surface area (Å²) in [5.74, 6) is -0.0103. The van der Waals surface area contributed by atoms with Gasteiger partial charge in [-0.2, -0.15) is 0 Å². The molecule has 4 rings (SSSR count). The van der Waals surface area contributed by atoms with E-state index in [1.165, 1.54) is 18.3 Å². The maximum atomic E-state index is 12.8. The molecule has 0 aliphatic heterocycles. The predicted octanol–water partition coefficient (Wildman–Crippen LogP) is 3.97. The monoisotopic (exact) mass is 423 g/mol. The highest BCUT2D eigenvalue weighted by molar-refractivity contribution is 6.03. The van der Waals surface area contributed by atoms with Crippen molar-refractivity contribution in [2.24, 2.45) is 0 Å². The average Bonchev–Trinajstić information content (AvgIpc) is 3.14. The summed E-state index contributed by atoms with van der Waals surface area (Å²) in [6.45, 7) is -0.202. The summed E-state index contributed by atoms with van der Waals surface area (Å²) in [5.41, 5.74) is 2.56. The Balaban J connectivity index is 1.56. The van der Waals surface area contributed by atoms with Gasteiger partial charge in [0.1, 0.15) is 18.1 Å². The third-order valence-corrected chi connectivity index (χ3v) is 4.54. The maximum Gasteiger partial charge on any atom is 0.276 e. The molecule has 0 atom stereocenters. The Morgan fingerprint density at radius 2 is 1.90 bits per heavy atom. The third-order valence-electron chi connectivity index (χ3n) is 4.54.